The van der Waals surface area contributed by atoms with Crippen molar-refractivity contribution >= 4 is 55.5 Å². The zero-order chi connectivity index (χ0) is 14.7. The van der Waals surface area contributed by atoms with Crippen LogP contribution < -0.4 is 4.74 Å². The van der Waals surface area contributed by atoms with Crippen LogP contribution in [0.15, 0.2) is 28.1 Å². The first-order chi connectivity index (χ1) is 9.51. The molecular formula is C12H6BrIN2O3S. The zero-order valence-electron chi connectivity index (χ0n) is 9.80. The lowest BCUT2D eigenvalue weighted by atomic mass is 10.2. The average molecular weight is 465 g/mol. The van der Waals surface area contributed by atoms with Crippen molar-refractivity contribution in [1.82, 2.24) is 0 Å². The fourth-order valence-electron chi connectivity index (χ4n) is 1.49. The second-order valence-corrected chi connectivity index (χ2v) is 7.38. The van der Waals surface area contributed by atoms with E-state index >= 15 is 0 Å². The Hall–Kier alpha value is -1.18. The lowest BCUT2D eigenvalue weighted by molar-refractivity contribution is -0.386. The molecule has 0 aliphatic heterocycles. The summed E-state index contributed by atoms with van der Waals surface area (Å²) in [6.45, 7) is 0.249. The first-order valence-electron chi connectivity index (χ1n) is 5.26. The van der Waals surface area contributed by atoms with Crippen LogP contribution in [0.5, 0.6) is 5.75 Å². The van der Waals surface area contributed by atoms with E-state index in [-0.39, 0.29) is 23.6 Å². The topological polar surface area (TPSA) is 76.2 Å². The van der Waals surface area contributed by atoms with E-state index in [0.717, 1.165) is 8.66 Å². The van der Waals surface area contributed by atoms with Gasteiger partial charge in [-0.05, 0) is 56.7 Å². The van der Waals surface area contributed by atoms with Gasteiger partial charge in [0.1, 0.15) is 6.61 Å². The van der Waals surface area contributed by atoms with Gasteiger partial charge in [0.15, 0.2) is 0 Å². The van der Waals surface area contributed by atoms with E-state index in [0.29, 0.717) is 3.57 Å². The largest absolute Gasteiger partial charge is 0.480 e. The maximum atomic E-state index is 11.1. The van der Waals surface area contributed by atoms with Gasteiger partial charge in [-0.25, -0.2) is 0 Å². The number of hydrogen-bond donors (Lipinski definition) is 0. The van der Waals surface area contributed by atoms with Crippen molar-refractivity contribution in [2.75, 3.05) is 0 Å². The van der Waals surface area contributed by atoms with Gasteiger partial charge in [-0.15, -0.1) is 11.3 Å². The second kappa shape index (κ2) is 6.51. The Labute approximate surface area is 140 Å². The molecular weight excluding hydrogens is 459 g/mol. The van der Waals surface area contributed by atoms with Crippen molar-refractivity contribution in [3.05, 3.63) is 52.2 Å². The monoisotopic (exact) mass is 464 g/mol. The molecule has 0 saturated heterocycles. The molecule has 1 aromatic heterocycles. The first-order valence-corrected chi connectivity index (χ1v) is 7.95. The normalized spacial score (nSPS) is 10.1. The lowest BCUT2D eigenvalue weighted by Gasteiger charge is -2.08. The summed E-state index contributed by atoms with van der Waals surface area (Å²) in [4.78, 5) is 11.5. The minimum atomic E-state index is -0.539. The summed E-state index contributed by atoms with van der Waals surface area (Å²) in [6.07, 6.45) is 0. The van der Waals surface area contributed by atoms with Gasteiger partial charge in [0.2, 0.25) is 5.75 Å². The number of nitrogens with zero attached hydrogens (tertiary/aromatic N) is 2. The van der Waals surface area contributed by atoms with Crippen molar-refractivity contribution in [1.29, 1.82) is 5.26 Å². The predicted molar refractivity (Wildman–Crippen MR) is 86.9 cm³/mol. The number of hydrogen-bond acceptors (Lipinski definition) is 5. The highest BCUT2D eigenvalue weighted by molar-refractivity contribution is 14.1. The van der Waals surface area contributed by atoms with Crippen LogP contribution in [0.3, 0.4) is 0 Å². The Balaban J connectivity index is 2.31. The number of nitro benzene ring substituents is 1. The van der Waals surface area contributed by atoms with Crippen LogP contribution in [-0.2, 0) is 6.61 Å². The molecule has 0 amide bonds. The van der Waals surface area contributed by atoms with E-state index in [9.17, 15) is 10.1 Å². The van der Waals surface area contributed by atoms with Crippen LogP contribution >= 0.6 is 49.9 Å². The molecule has 0 atom stereocenters. The van der Waals surface area contributed by atoms with Gasteiger partial charge in [0, 0.05) is 10.9 Å². The van der Waals surface area contributed by atoms with Crippen LogP contribution in [0.2, 0.25) is 0 Å². The number of ether oxygens (including phenoxy) is 1. The number of halogens is 2. The lowest BCUT2D eigenvalue weighted by Crippen LogP contribution is -2.00. The Morgan fingerprint density at radius 2 is 2.25 bits per heavy atom. The Morgan fingerprint density at radius 3 is 2.80 bits per heavy atom. The SMILES string of the molecule is N#Cc1cc(I)c(OCc2ccc(Br)s2)c([N+](=O)[O-])c1. The number of benzene rings is 1. The molecule has 0 unspecified atom stereocenters. The number of thiophene rings is 1. The van der Waals surface area contributed by atoms with E-state index in [1.807, 2.05) is 40.8 Å². The van der Waals surface area contributed by atoms with E-state index in [1.165, 1.54) is 17.4 Å². The summed E-state index contributed by atoms with van der Waals surface area (Å²) in [5.74, 6) is 0.194. The summed E-state index contributed by atoms with van der Waals surface area (Å²) in [5.41, 5.74) is 0.0522. The quantitative estimate of drug-likeness (QED) is 0.380. The summed E-state index contributed by atoms with van der Waals surface area (Å²) < 4.78 is 7.08. The fraction of sp³-hybridized carbons (Fsp3) is 0.0833. The van der Waals surface area contributed by atoms with Gasteiger partial charge in [0.25, 0.3) is 0 Å². The van der Waals surface area contributed by atoms with Gasteiger partial charge in [-0.3, -0.25) is 10.1 Å². The Kier molecular flexibility index (Phi) is 4.95. The summed E-state index contributed by atoms with van der Waals surface area (Å²) >= 11 is 6.78. The van der Waals surface area contributed by atoms with Crippen LogP contribution in [0.25, 0.3) is 0 Å². The molecule has 1 aromatic carbocycles. The highest BCUT2D eigenvalue weighted by atomic mass is 127. The van der Waals surface area contributed by atoms with Crippen LogP contribution in [-0.4, -0.2) is 4.92 Å². The third kappa shape index (κ3) is 3.47. The standard InChI is InChI=1S/C12H6BrIN2O3S/c13-11-2-1-8(20-11)6-19-12-9(14)3-7(5-15)4-10(12)16(17)18/h1-4H,6H2. The highest BCUT2D eigenvalue weighted by Gasteiger charge is 2.20. The van der Waals surface area contributed by atoms with Crippen molar-refractivity contribution in [3.63, 3.8) is 0 Å². The summed E-state index contributed by atoms with van der Waals surface area (Å²) in [6, 6.07) is 8.46. The Bertz CT molecular complexity index is 711. The zero-order valence-corrected chi connectivity index (χ0v) is 14.4. The maximum Gasteiger partial charge on any atom is 0.313 e. The molecule has 0 aliphatic rings. The van der Waals surface area contributed by atoms with Gasteiger partial charge in [0.05, 0.1) is 23.9 Å². The van der Waals surface area contributed by atoms with Crippen LogP contribution in [0.1, 0.15) is 10.4 Å². The van der Waals surface area contributed by atoms with Crippen molar-refractivity contribution < 1.29 is 9.66 Å². The molecule has 5 nitrogen and oxygen atoms in total. The molecule has 0 bridgehead atoms. The Morgan fingerprint density at radius 1 is 1.50 bits per heavy atom. The van der Waals surface area contributed by atoms with E-state index in [1.54, 1.807) is 6.07 Å². The average Bonchev–Trinajstić information content (AvgIpc) is 2.82. The molecule has 102 valence electrons. The van der Waals surface area contributed by atoms with Gasteiger partial charge in [-0.2, -0.15) is 5.26 Å². The van der Waals surface area contributed by atoms with Gasteiger partial charge >= 0.3 is 5.69 Å². The minimum absolute atomic E-state index is 0.191. The third-order valence-electron chi connectivity index (χ3n) is 2.34. The van der Waals surface area contributed by atoms with E-state index in [2.05, 4.69) is 15.9 Å². The van der Waals surface area contributed by atoms with Crippen molar-refractivity contribution in [2.45, 2.75) is 6.61 Å². The molecule has 0 fully saturated rings. The molecule has 0 spiro atoms. The molecule has 2 aromatic rings. The van der Waals surface area contributed by atoms with Gasteiger partial charge < -0.3 is 4.74 Å². The molecule has 0 saturated carbocycles. The fourth-order valence-corrected chi connectivity index (χ4v) is 3.66. The second-order valence-electron chi connectivity index (χ2n) is 3.67. The first kappa shape index (κ1) is 15.2. The molecule has 0 radical (unpaired) electrons. The highest BCUT2D eigenvalue weighted by Crippen LogP contribution is 2.34. The van der Waals surface area contributed by atoms with Crippen LogP contribution in [0, 0.1) is 25.0 Å². The molecule has 0 aliphatic carbocycles. The summed E-state index contributed by atoms with van der Waals surface area (Å²) in [5, 5.41) is 19.9. The maximum absolute atomic E-state index is 11.1. The van der Waals surface area contributed by atoms with Crippen LogP contribution in [0.4, 0.5) is 5.69 Å². The number of nitriles is 1. The van der Waals surface area contributed by atoms with Crippen molar-refractivity contribution in [2.24, 2.45) is 0 Å². The van der Waals surface area contributed by atoms with E-state index < -0.39 is 4.92 Å². The smallest absolute Gasteiger partial charge is 0.313 e. The molecule has 2 rings (SSSR count). The van der Waals surface area contributed by atoms with Gasteiger partial charge in [-0.1, -0.05) is 0 Å². The minimum Gasteiger partial charge on any atom is -0.480 e. The molecule has 20 heavy (non-hydrogen) atoms. The third-order valence-corrected chi connectivity index (χ3v) is 4.74. The summed E-state index contributed by atoms with van der Waals surface area (Å²) in [7, 11) is 0. The molecule has 8 heteroatoms. The predicted octanol–water partition coefficient (Wildman–Crippen LogP) is 4.47. The molecule has 1 heterocycles. The van der Waals surface area contributed by atoms with Crippen molar-refractivity contribution in [3.8, 4) is 11.8 Å². The van der Waals surface area contributed by atoms with E-state index in [4.69, 9.17) is 10.00 Å². The molecule has 0 N–H and O–H groups in total. The number of rotatable bonds is 4. The number of nitro groups is 1.